The molecule has 2 aromatic rings. The van der Waals surface area contributed by atoms with Crippen LogP contribution in [0.2, 0.25) is 0 Å². The molecular formula is C20H28N6O3S. The second kappa shape index (κ2) is 8.73. The van der Waals surface area contributed by atoms with E-state index in [-0.39, 0.29) is 22.4 Å². The van der Waals surface area contributed by atoms with E-state index in [4.69, 9.17) is 0 Å². The van der Waals surface area contributed by atoms with Crippen LogP contribution in [0.3, 0.4) is 0 Å². The first-order valence-electron chi connectivity index (χ1n) is 10.6. The second-order valence-electron chi connectivity index (χ2n) is 7.97. The van der Waals surface area contributed by atoms with Gasteiger partial charge in [-0.1, -0.05) is 12.5 Å². The lowest BCUT2D eigenvalue weighted by Gasteiger charge is -2.32. The number of hydrogen-bond acceptors (Lipinski definition) is 6. The number of aromatic amines is 1. The Labute approximate surface area is 176 Å². The third-order valence-corrected chi connectivity index (χ3v) is 7.80. The molecule has 9 nitrogen and oxygen atoms in total. The largest absolute Gasteiger partial charge is 0.340 e. The lowest BCUT2D eigenvalue weighted by Crippen LogP contribution is -2.41. The van der Waals surface area contributed by atoms with Gasteiger partial charge in [-0.15, -0.1) is 5.10 Å². The molecule has 2 fully saturated rings. The Morgan fingerprint density at radius 1 is 1.13 bits per heavy atom. The molecule has 1 atom stereocenters. The highest BCUT2D eigenvalue weighted by molar-refractivity contribution is 7.89. The van der Waals surface area contributed by atoms with Crippen molar-refractivity contribution in [1.82, 2.24) is 19.5 Å². The average Bonchev–Trinajstić information content (AvgIpc) is 3.23. The molecule has 2 aliphatic heterocycles. The molecule has 4 rings (SSSR count). The van der Waals surface area contributed by atoms with E-state index in [9.17, 15) is 13.2 Å². The van der Waals surface area contributed by atoms with Gasteiger partial charge in [0.1, 0.15) is 0 Å². The second-order valence-corrected chi connectivity index (χ2v) is 9.86. The number of anilines is 2. The van der Waals surface area contributed by atoms with Gasteiger partial charge < -0.3 is 4.90 Å². The number of carbonyl (C=O) groups is 1. The van der Waals surface area contributed by atoms with Gasteiger partial charge >= 0.3 is 0 Å². The van der Waals surface area contributed by atoms with E-state index in [2.05, 4.69) is 25.4 Å². The first kappa shape index (κ1) is 20.8. The van der Waals surface area contributed by atoms with Crippen molar-refractivity contribution in [3.63, 3.8) is 0 Å². The van der Waals surface area contributed by atoms with Crippen molar-refractivity contribution < 1.29 is 13.2 Å². The number of H-pyrrole nitrogens is 1. The average molecular weight is 433 g/mol. The number of hydrogen-bond donors (Lipinski definition) is 2. The van der Waals surface area contributed by atoms with Gasteiger partial charge in [-0.3, -0.25) is 10.1 Å². The number of nitrogens with one attached hydrogen (secondary N) is 2. The zero-order chi connectivity index (χ0) is 21.1. The zero-order valence-electron chi connectivity index (χ0n) is 17.2. The van der Waals surface area contributed by atoms with Gasteiger partial charge in [-0.05, 0) is 57.2 Å². The molecule has 0 aliphatic carbocycles. The van der Waals surface area contributed by atoms with Gasteiger partial charge in [0.05, 0.1) is 4.90 Å². The maximum atomic E-state index is 13.1. The lowest BCUT2D eigenvalue weighted by atomic mass is 10.1. The minimum atomic E-state index is -3.64. The van der Waals surface area contributed by atoms with Gasteiger partial charge in [-0.25, -0.2) is 13.5 Å². The van der Waals surface area contributed by atoms with Gasteiger partial charge in [0.25, 0.3) is 5.91 Å². The molecule has 2 N–H and O–H groups in total. The van der Waals surface area contributed by atoms with Crippen LogP contribution in [0.15, 0.2) is 29.2 Å². The number of benzene rings is 1. The monoisotopic (exact) mass is 432 g/mol. The van der Waals surface area contributed by atoms with Gasteiger partial charge in [0.2, 0.25) is 21.9 Å². The Morgan fingerprint density at radius 2 is 1.90 bits per heavy atom. The molecule has 162 valence electrons. The third-order valence-electron chi connectivity index (χ3n) is 5.79. The van der Waals surface area contributed by atoms with Crippen LogP contribution in [0.4, 0.5) is 11.9 Å². The highest BCUT2D eigenvalue weighted by atomic mass is 32.2. The fraction of sp³-hybridized carbons (Fsp3) is 0.550. The Morgan fingerprint density at radius 3 is 2.67 bits per heavy atom. The Hall–Kier alpha value is -2.46. The van der Waals surface area contributed by atoms with Crippen molar-refractivity contribution in [2.75, 3.05) is 29.9 Å². The van der Waals surface area contributed by atoms with E-state index in [1.165, 1.54) is 22.9 Å². The fourth-order valence-electron chi connectivity index (χ4n) is 4.09. The number of amides is 1. The summed E-state index contributed by atoms with van der Waals surface area (Å²) in [5, 5.41) is 9.61. The smallest absolute Gasteiger partial charge is 0.258 e. The molecule has 0 radical (unpaired) electrons. The number of rotatable bonds is 5. The fourth-order valence-corrected chi connectivity index (χ4v) is 5.83. The van der Waals surface area contributed by atoms with Gasteiger partial charge in [-0.2, -0.15) is 9.29 Å². The van der Waals surface area contributed by atoms with E-state index >= 15 is 0 Å². The molecule has 10 heteroatoms. The summed E-state index contributed by atoms with van der Waals surface area (Å²) in [5.41, 5.74) is 0.261. The minimum Gasteiger partial charge on any atom is -0.340 e. The molecule has 1 aromatic heterocycles. The number of sulfonamides is 1. The maximum Gasteiger partial charge on any atom is 0.258 e. The molecule has 2 saturated heterocycles. The molecule has 1 aromatic carbocycles. The number of aromatic nitrogens is 3. The quantitative estimate of drug-likeness (QED) is 0.751. The molecule has 0 saturated carbocycles. The van der Waals surface area contributed by atoms with Crippen LogP contribution in [0, 0.1) is 0 Å². The maximum absolute atomic E-state index is 13.1. The van der Waals surface area contributed by atoms with Crippen molar-refractivity contribution in [3.8, 4) is 0 Å². The van der Waals surface area contributed by atoms with Crippen LogP contribution in [-0.2, 0) is 10.0 Å². The van der Waals surface area contributed by atoms with Crippen LogP contribution in [0.1, 0.15) is 55.8 Å². The van der Waals surface area contributed by atoms with Crippen LogP contribution >= 0.6 is 0 Å². The molecule has 0 bridgehead atoms. The van der Waals surface area contributed by atoms with Crippen molar-refractivity contribution in [2.24, 2.45) is 0 Å². The summed E-state index contributed by atoms with van der Waals surface area (Å²) < 4.78 is 27.7. The SMILES string of the molecule is CC1CCCCN1S(=O)(=O)c1cccc(C(=O)Nc2nc(N3CCCCC3)n[nH]2)c1. The summed E-state index contributed by atoms with van der Waals surface area (Å²) in [6, 6.07) is 6.11. The summed E-state index contributed by atoms with van der Waals surface area (Å²) in [5.74, 6) is 0.388. The predicted molar refractivity (Wildman–Crippen MR) is 114 cm³/mol. The lowest BCUT2D eigenvalue weighted by molar-refractivity contribution is 0.102. The van der Waals surface area contributed by atoms with E-state index in [0.717, 1.165) is 45.2 Å². The molecule has 30 heavy (non-hydrogen) atoms. The van der Waals surface area contributed by atoms with Crippen LogP contribution < -0.4 is 10.2 Å². The standard InChI is InChI=1S/C20H28N6O3S/c1-15-8-3-6-13-26(15)30(28,29)17-10-7-9-16(14-17)18(27)21-19-22-20(24-23-19)25-11-4-2-5-12-25/h7,9-10,14-15H,2-6,8,11-13H2,1H3,(H2,21,22,23,24,27). The highest BCUT2D eigenvalue weighted by Gasteiger charge is 2.31. The Balaban J connectivity index is 1.48. The molecular weight excluding hydrogens is 404 g/mol. The van der Waals surface area contributed by atoms with Crippen LogP contribution in [0.25, 0.3) is 0 Å². The van der Waals surface area contributed by atoms with E-state index in [1.807, 2.05) is 6.92 Å². The minimum absolute atomic E-state index is 0.0383. The summed E-state index contributed by atoms with van der Waals surface area (Å²) in [6.07, 6.45) is 6.16. The van der Waals surface area contributed by atoms with Gasteiger partial charge in [0.15, 0.2) is 0 Å². The van der Waals surface area contributed by atoms with E-state index < -0.39 is 15.9 Å². The predicted octanol–water partition coefficient (Wildman–Crippen LogP) is 2.61. The zero-order valence-corrected chi connectivity index (χ0v) is 18.0. The summed E-state index contributed by atoms with van der Waals surface area (Å²) in [7, 11) is -3.64. The molecule has 2 aliphatic rings. The Kier molecular flexibility index (Phi) is 6.05. The molecule has 1 unspecified atom stereocenters. The van der Waals surface area contributed by atoms with E-state index in [0.29, 0.717) is 12.5 Å². The van der Waals surface area contributed by atoms with E-state index in [1.54, 1.807) is 12.1 Å². The van der Waals surface area contributed by atoms with Crippen molar-refractivity contribution in [1.29, 1.82) is 0 Å². The highest BCUT2D eigenvalue weighted by Crippen LogP contribution is 2.26. The molecule has 1 amide bonds. The summed E-state index contributed by atoms with van der Waals surface area (Å²) in [6.45, 7) is 4.24. The topological polar surface area (TPSA) is 111 Å². The van der Waals surface area contributed by atoms with Crippen LogP contribution in [-0.4, -0.2) is 59.5 Å². The molecule has 3 heterocycles. The first-order valence-corrected chi connectivity index (χ1v) is 12.0. The summed E-state index contributed by atoms with van der Waals surface area (Å²) in [4.78, 5) is 19.3. The van der Waals surface area contributed by atoms with Gasteiger partial charge in [0, 0.05) is 31.2 Å². The van der Waals surface area contributed by atoms with Crippen molar-refractivity contribution in [3.05, 3.63) is 29.8 Å². The first-order chi connectivity index (χ1) is 14.4. The Bertz CT molecular complexity index is 999. The van der Waals surface area contributed by atoms with Crippen molar-refractivity contribution >= 4 is 27.8 Å². The normalized spacial score (nSPS) is 20.8. The number of carbonyl (C=O) groups excluding carboxylic acids is 1. The number of nitrogens with zero attached hydrogens (tertiary/aromatic N) is 4. The summed E-state index contributed by atoms with van der Waals surface area (Å²) >= 11 is 0. The number of piperidine rings is 2. The third kappa shape index (κ3) is 4.34. The van der Waals surface area contributed by atoms with Crippen molar-refractivity contribution in [2.45, 2.75) is 56.4 Å². The van der Waals surface area contributed by atoms with Crippen LogP contribution in [0.5, 0.6) is 0 Å². The molecule has 0 spiro atoms.